The van der Waals surface area contributed by atoms with E-state index in [1.54, 1.807) is 13.0 Å². The van der Waals surface area contributed by atoms with Crippen LogP contribution in [0.2, 0.25) is 0 Å². The second-order valence-corrected chi connectivity index (χ2v) is 2.90. The number of nitrogens with zero attached hydrogens (tertiary/aromatic N) is 1. The van der Waals surface area contributed by atoms with E-state index < -0.39 is 0 Å². The molecule has 12 heavy (non-hydrogen) atoms. The number of aromatic nitrogens is 1. The monoisotopic (exact) mass is 164 g/mol. The van der Waals surface area contributed by atoms with Crippen LogP contribution in [-0.4, -0.2) is 11.2 Å². The summed E-state index contributed by atoms with van der Waals surface area (Å²) < 4.78 is 1.97. The molecule has 0 saturated heterocycles. The van der Waals surface area contributed by atoms with Gasteiger partial charge in [0, 0.05) is 12.1 Å². The number of hydrogen-bond acceptors (Lipinski definition) is 1. The van der Waals surface area contributed by atoms with E-state index in [1.807, 2.05) is 42.2 Å². The van der Waals surface area contributed by atoms with Crippen LogP contribution in [0.3, 0.4) is 0 Å². The predicted octanol–water partition coefficient (Wildman–Crippen LogP) is 0.905. The maximum atomic E-state index is 8.98. The average molecular weight is 164 g/mol. The lowest BCUT2D eigenvalue weighted by molar-refractivity contribution is -0.671. The van der Waals surface area contributed by atoms with Crippen molar-refractivity contribution in [2.75, 3.05) is 0 Å². The first-order valence-electron chi connectivity index (χ1n) is 4.00. The van der Waals surface area contributed by atoms with Crippen LogP contribution in [0.5, 0.6) is 0 Å². The van der Waals surface area contributed by atoms with Crippen LogP contribution >= 0.6 is 0 Å². The van der Waals surface area contributed by atoms with E-state index in [-0.39, 0.29) is 6.10 Å². The molecular weight excluding hydrogens is 150 g/mol. The standard InChI is InChI=1S/C10H14NO/c1-9(12)3-4-10-5-7-11(2)8-6-10/h3-9,12H,1-2H3/q+1/b4-3-/t9-/m1/s1. The van der Waals surface area contributed by atoms with E-state index in [2.05, 4.69) is 0 Å². The number of aryl methyl sites for hydroxylation is 1. The number of aliphatic hydroxyl groups excluding tert-OH is 1. The maximum Gasteiger partial charge on any atom is 0.169 e. The van der Waals surface area contributed by atoms with E-state index in [0.717, 1.165) is 5.56 Å². The lowest BCUT2D eigenvalue weighted by Crippen LogP contribution is -2.25. The van der Waals surface area contributed by atoms with E-state index in [4.69, 9.17) is 5.11 Å². The van der Waals surface area contributed by atoms with Crippen LogP contribution in [0.15, 0.2) is 30.6 Å². The second-order valence-electron chi connectivity index (χ2n) is 2.90. The SMILES string of the molecule is C[C@@H](O)/C=C\c1cc[n+](C)cc1. The molecule has 0 radical (unpaired) electrons. The van der Waals surface area contributed by atoms with E-state index in [9.17, 15) is 0 Å². The molecule has 0 aliphatic carbocycles. The Labute approximate surface area is 72.8 Å². The summed E-state index contributed by atoms with van der Waals surface area (Å²) in [4.78, 5) is 0. The molecule has 1 aromatic heterocycles. The first kappa shape index (κ1) is 8.94. The Morgan fingerprint density at radius 1 is 1.42 bits per heavy atom. The van der Waals surface area contributed by atoms with Gasteiger partial charge in [0.1, 0.15) is 7.05 Å². The van der Waals surface area contributed by atoms with Gasteiger partial charge in [-0.05, 0) is 12.5 Å². The van der Waals surface area contributed by atoms with Crippen molar-refractivity contribution < 1.29 is 9.67 Å². The van der Waals surface area contributed by atoms with Crippen LogP contribution in [0.25, 0.3) is 6.08 Å². The molecule has 0 bridgehead atoms. The van der Waals surface area contributed by atoms with Gasteiger partial charge in [0.2, 0.25) is 0 Å². The Hall–Kier alpha value is -1.15. The predicted molar refractivity (Wildman–Crippen MR) is 48.3 cm³/mol. The molecule has 0 aromatic carbocycles. The van der Waals surface area contributed by atoms with Crippen molar-refractivity contribution in [2.24, 2.45) is 7.05 Å². The summed E-state index contributed by atoms with van der Waals surface area (Å²) in [6.45, 7) is 1.74. The fraction of sp³-hybridized carbons (Fsp3) is 0.300. The Kier molecular flexibility index (Phi) is 3.00. The largest absolute Gasteiger partial charge is 0.389 e. The molecule has 2 heteroatoms. The van der Waals surface area contributed by atoms with E-state index in [0.29, 0.717) is 0 Å². The zero-order chi connectivity index (χ0) is 8.97. The molecule has 0 unspecified atom stereocenters. The summed E-state index contributed by atoms with van der Waals surface area (Å²) in [6, 6.07) is 4.00. The molecule has 0 spiro atoms. The smallest absolute Gasteiger partial charge is 0.169 e. The fourth-order valence-electron chi connectivity index (χ4n) is 0.874. The van der Waals surface area contributed by atoms with Crippen molar-refractivity contribution in [3.05, 3.63) is 36.2 Å². The molecular formula is C10H14NO+. The Morgan fingerprint density at radius 2 is 2.00 bits per heavy atom. The minimum absolute atomic E-state index is 0.376. The van der Waals surface area contributed by atoms with Gasteiger partial charge < -0.3 is 5.11 Å². The summed E-state index contributed by atoms with van der Waals surface area (Å²) in [6.07, 6.45) is 7.24. The summed E-state index contributed by atoms with van der Waals surface area (Å²) in [7, 11) is 1.97. The molecule has 1 aromatic rings. The van der Waals surface area contributed by atoms with Crippen molar-refractivity contribution in [3.63, 3.8) is 0 Å². The third kappa shape index (κ3) is 2.84. The highest BCUT2D eigenvalue weighted by molar-refractivity contribution is 5.47. The molecule has 0 aliphatic heterocycles. The fourth-order valence-corrected chi connectivity index (χ4v) is 0.874. The van der Waals surface area contributed by atoms with Gasteiger partial charge in [0.05, 0.1) is 6.10 Å². The van der Waals surface area contributed by atoms with Gasteiger partial charge in [-0.15, -0.1) is 0 Å². The minimum Gasteiger partial charge on any atom is -0.389 e. The Balaban J connectivity index is 2.71. The summed E-state index contributed by atoms with van der Waals surface area (Å²) in [5.74, 6) is 0. The van der Waals surface area contributed by atoms with Crippen molar-refractivity contribution in [1.82, 2.24) is 0 Å². The van der Waals surface area contributed by atoms with Crippen LogP contribution in [0.4, 0.5) is 0 Å². The quantitative estimate of drug-likeness (QED) is 0.645. The molecule has 0 fully saturated rings. The van der Waals surface area contributed by atoms with Crippen LogP contribution < -0.4 is 4.57 Å². The first-order chi connectivity index (χ1) is 5.68. The molecule has 1 atom stereocenters. The molecule has 2 nitrogen and oxygen atoms in total. The number of hydrogen-bond donors (Lipinski definition) is 1. The molecule has 0 amide bonds. The third-order valence-corrected chi connectivity index (χ3v) is 1.57. The molecule has 0 saturated carbocycles. The highest BCUT2D eigenvalue weighted by atomic mass is 16.3. The molecule has 1 heterocycles. The van der Waals surface area contributed by atoms with Gasteiger partial charge in [-0.2, -0.15) is 0 Å². The van der Waals surface area contributed by atoms with Gasteiger partial charge in [-0.3, -0.25) is 0 Å². The molecule has 1 N–H and O–H groups in total. The molecule has 1 rings (SSSR count). The zero-order valence-electron chi connectivity index (χ0n) is 7.44. The van der Waals surface area contributed by atoms with Crippen LogP contribution in [0, 0.1) is 0 Å². The van der Waals surface area contributed by atoms with Crippen molar-refractivity contribution in [2.45, 2.75) is 13.0 Å². The van der Waals surface area contributed by atoms with E-state index in [1.165, 1.54) is 0 Å². The topological polar surface area (TPSA) is 24.1 Å². The number of rotatable bonds is 2. The maximum absolute atomic E-state index is 8.98. The lowest BCUT2D eigenvalue weighted by Gasteiger charge is -1.93. The lowest BCUT2D eigenvalue weighted by atomic mass is 10.2. The van der Waals surface area contributed by atoms with Crippen molar-refractivity contribution >= 4 is 6.08 Å². The zero-order valence-corrected chi connectivity index (χ0v) is 7.44. The van der Waals surface area contributed by atoms with Gasteiger partial charge in [0.25, 0.3) is 0 Å². The average Bonchev–Trinajstić information content (AvgIpc) is 2.03. The summed E-state index contributed by atoms with van der Waals surface area (Å²) in [5, 5.41) is 8.98. The van der Waals surface area contributed by atoms with Gasteiger partial charge in [-0.25, -0.2) is 4.57 Å². The normalized spacial score (nSPS) is 13.6. The van der Waals surface area contributed by atoms with Crippen LogP contribution in [0.1, 0.15) is 12.5 Å². The second kappa shape index (κ2) is 4.02. The summed E-state index contributed by atoms with van der Waals surface area (Å²) in [5.41, 5.74) is 1.11. The number of aliphatic hydroxyl groups is 1. The minimum atomic E-state index is -0.376. The van der Waals surface area contributed by atoms with Crippen LogP contribution in [-0.2, 0) is 7.05 Å². The number of pyridine rings is 1. The Morgan fingerprint density at radius 3 is 2.50 bits per heavy atom. The third-order valence-electron chi connectivity index (χ3n) is 1.57. The van der Waals surface area contributed by atoms with Gasteiger partial charge in [0.15, 0.2) is 12.4 Å². The first-order valence-corrected chi connectivity index (χ1v) is 4.00. The van der Waals surface area contributed by atoms with Gasteiger partial charge in [-0.1, -0.05) is 12.2 Å². The highest BCUT2D eigenvalue weighted by Gasteiger charge is 1.91. The molecule has 0 aliphatic rings. The Bertz CT molecular complexity index is 262. The van der Waals surface area contributed by atoms with Crippen molar-refractivity contribution in [1.29, 1.82) is 0 Å². The van der Waals surface area contributed by atoms with E-state index >= 15 is 0 Å². The van der Waals surface area contributed by atoms with Crippen molar-refractivity contribution in [3.8, 4) is 0 Å². The molecule has 64 valence electrons. The highest BCUT2D eigenvalue weighted by Crippen LogP contribution is 1.98. The van der Waals surface area contributed by atoms with Gasteiger partial charge >= 0.3 is 0 Å². The summed E-state index contributed by atoms with van der Waals surface area (Å²) >= 11 is 0.